The van der Waals surface area contributed by atoms with E-state index in [0.717, 1.165) is 6.07 Å². The molecule has 0 aliphatic carbocycles. The Morgan fingerprint density at radius 1 is 1.40 bits per heavy atom. The molecule has 2 unspecified atom stereocenters. The zero-order valence-corrected chi connectivity index (χ0v) is 7.80. The van der Waals surface area contributed by atoms with Crippen LogP contribution >= 0.6 is 0 Å². The van der Waals surface area contributed by atoms with Crippen molar-refractivity contribution in [2.24, 2.45) is 0 Å². The standard InChI is InChI=1S/C10H11FO4/c11-8-3-1-2-6(7(8)4-12)10(15)9(14)5-13/h1-4,9-10,13-15H,5H2. The van der Waals surface area contributed by atoms with Gasteiger partial charge in [0.1, 0.15) is 18.0 Å². The molecule has 0 radical (unpaired) electrons. The number of aldehydes is 1. The van der Waals surface area contributed by atoms with Crippen molar-refractivity contribution in [1.82, 2.24) is 0 Å². The molecule has 1 rings (SSSR count). The number of rotatable bonds is 4. The SMILES string of the molecule is O=Cc1c(F)cccc1C(O)C(O)CO. The van der Waals surface area contributed by atoms with Crippen molar-refractivity contribution in [3.05, 3.63) is 35.1 Å². The van der Waals surface area contributed by atoms with Gasteiger partial charge in [-0.2, -0.15) is 0 Å². The van der Waals surface area contributed by atoms with Crippen LogP contribution in [0.2, 0.25) is 0 Å². The van der Waals surface area contributed by atoms with Crippen molar-refractivity contribution in [3.63, 3.8) is 0 Å². The normalized spacial score (nSPS) is 14.7. The number of halogens is 1. The number of carbonyl (C=O) groups is 1. The van der Waals surface area contributed by atoms with Crippen LogP contribution in [-0.2, 0) is 0 Å². The Kier molecular flexibility index (Phi) is 3.90. The zero-order valence-electron chi connectivity index (χ0n) is 7.80. The summed E-state index contributed by atoms with van der Waals surface area (Å²) in [5, 5.41) is 27.2. The van der Waals surface area contributed by atoms with Gasteiger partial charge in [0.15, 0.2) is 6.29 Å². The van der Waals surface area contributed by atoms with E-state index in [0.29, 0.717) is 0 Å². The smallest absolute Gasteiger partial charge is 0.153 e. The highest BCUT2D eigenvalue weighted by atomic mass is 19.1. The molecule has 0 aromatic heterocycles. The lowest BCUT2D eigenvalue weighted by Gasteiger charge is -2.17. The maximum atomic E-state index is 13.1. The highest BCUT2D eigenvalue weighted by molar-refractivity contribution is 5.77. The van der Waals surface area contributed by atoms with Crippen LogP contribution in [0, 0.1) is 5.82 Å². The molecule has 1 aromatic rings. The quantitative estimate of drug-likeness (QED) is 0.618. The van der Waals surface area contributed by atoms with E-state index in [1.165, 1.54) is 12.1 Å². The van der Waals surface area contributed by atoms with Crippen molar-refractivity contribution in [2.75, 3.05) is 6.61 Å². The highest BCUT2D eigenvalue weighted by Crippen LogP contribution is 2.21. The molecule has 0 amide bonds. The molecule has 4 nitrogen and oxygen atoms in total. The molecule has 2 atom stereocenters. The maximum Gasteiger partial charge on any atom is 0.153 e. The number of hydrogen-bond acceptors (Lipinski definition) is 4. The van der Waals surface area contributed by atoms with Gasteiger partial charge in [-0.1, -0.05) is 12.1 Å². The van der Waals surface area contributed by atoms with Gasteiger partial charge in [-0.25, -0.2) is 4.39 Å². The van der Waals surface area contributed by atoms with Crippen molar-refractivity contribution in [1.29, 1.82) is 0 Å². The van der Waals surface area contributed by atoms with Gasteiger partial charge in [0.05, 0.1) is 12.2 Å². The molecule has 5 heteroatoms. The highest BCUT2D eigenvalue weighted by Gasteiger charge is 2.21. The summed E-state index contributed by atoms with van der Waals surface area (Å²) in [7, 11) is 0. The predicted molar refractivity (Wildman–Crippen MR) is 49.8 cm³/mol. The average Bonchev–Trinajstić information content (AvgIpc) is 2.26. The van der Waals surface area contributed by atoms with Crippen LogP contribution in [0.5, 0.6) is 0 Å². The summed E-state index contributed by atoms with van der Waals surface area (Å²) >= 11 is 0. The van der Waals surface area contributed by atoms with Crippen LogP contribution < -0.4 is 0 Å². The summed E-state index contributed by atoms with van der Waals surface area (Å²) in [6, 6.07) is 3.70. The lowest BCUT2D eigenvalue weighted by Crippen LogP contribution is -2.23. The third-order valence-corrected chi connectivity index (χ3v) is 2.07. The first kappa shape index (κ1) is 11.8. The van der Waals surface area contributed by atoms with Crippen molar-refractivity contribution in [2.45, 2.75) is 12.2 Å². The van der Waals surface area contributed by atoms with Gasteiger partial charge >= 0.3 is 0 Å². The molecule has 3 N–H and O–H groups in total. The fraction of sp³-hybridized carbons (Fsp3) is 0.300. The zero-order chi connectivity index (χ0) is 11.4. The monoisotopic (exact) mass is 214 g/mol. The van der Waals surface area contributed by atoms with Gasteiger partial charge in [0.25, 0.3) is 0 Å². The Hall–Kier alpha value is -1.30. The van der Waals surface area contributed by atoms with Crippen LogP contribution in [0.25, 0.3) is 0 Å². The first-order valence-corrected chi connectivity index (χ1v) is 4.32. The minimum Gasteiger partial charge on any atom is -0.394 e. The summed E-state index contributed by atoms with van der Waals surface area (Å²) in [5.41, 5.74) is -0.343. The van der Waals surface area contributed by atoms with Crippen molar-refractivity contribution in [3.8, 4) is 0 Å². The summed E-state index contributed by atoms with van der Waals surface area (Å²) in [6.45, 7) is -0.671. The Morgan fingerprint density at radius 3 is 2.60 bits per heavy atom. The number of carbonyl (C=O) groups excluding carboxylic acids is 1. The summed E-state index contributed by atoms with van der Waals surface area (Å²) in [6.07, 6.45) is -2.66. The first-order valence-electron chi connectivity index (χ1n) is 4.32. The topological polar surface area (TPSA) is 77.8 Å². The van der Waals surface area contributed by atoms with Gasteiger partial charge in [-0.3, -0.25) is 4.79 Å². The van der Waals surface area contributed by atoms with E-state index in [9.17, 15) is 14.3 Å². The van der Waals surface area contributed by atoms with Gasteiger partial charge in [-0.05, 0) is 11.6 Å². The molecular weight excluding hydrogens is 203 g/mol. The van der Waals surface area contributed by atoms with Crippen LogP contribution in [0.4, 0.5) is 4.39 Å². The largest absolute Gasteiger partial charge is 0.394 e. The van der Waals surface area contributed by atoms with E-state index >= 15 is 0 Å². The number of hydrogen-bond donors (Lipinski definition) is 3. The molecule has 0 heterocycles. The van der Waals surface area contributed by atoms with E-state index in [2.05, 4.69) is 0 Å². The molecule has 82 valence electrons. The predicted octanol–water partition coefficient (Wildman–Crippen LogP) is 0.0248. The van der Waals surface area contributed by atoms with E-state index in [4.69, 9.17) is 10.2 Å². The number of aliphatic hydroxyl groups is 3. The second kappa shape index (κ2) is 4.97. The first-order chi connectivity index (χ1) is 7.11. The molecule has 15 heavy (non-hydrogen) atoms. The summed E-state index contributed by atoms with van der Waals surface area (Å²) < 4.78 is 13.1. The van der Waals surface area contributed by atoms with Crippen LogP contribution in [-0.4, -0.2) is 34.3 Å². The molecular formula is C10H11FO4. The Morgan fingerprint density at radius 2 is 2.07 bits per heavy atom. The van der Waals surface area contributed by atoms with Crippen LogP contribution in [0.3, 0.4) is 0 Å². The van der Waals surface area contributed by atoms with Gasteiger partial charge in [0, 0.05) is 0 Å². The fourth-order valence-corrected chi connectivity index (χ4v) is 1.24. The molecule has 0 aliphatic rings. The van der Waals surface area contributed by atoms with E-state index in [1.54, 1.807) is 0 Å². The van der Waals surface area contributed by atoms with E-state index in [-0.39, 0.29) is 17.4 Å². The van der Waals surface area contributed by atoms with Gasteiger partial charge in [0.2, 0.25) is 0 Å². The second-order valence-corrected chi connectivity index (χ2v) is 3.06. The molecule has 0 saturated heterocycles. The van der Waals surface area contributed by atoms with E-state index < -0.39 is 24.6 Å². The third-order valence-electron chi connectivity index (χ3n) is 2.07. The third kappa shape index (κ3) is 2.38. The van der Waals surface area contributed by atoms with Crippen LogP contribution in [0.1, 0.15) is 22.0 Å². The summed E-state index contributed by atoms with van der Waals surface area (Å²) in [4.78, 5) is 10.6. The van der Waals surface area contributed by atoms with Crippen molar-refractivity contribution < 1.29 is 24.5 Å². The lowest BCUT2D eigenvalue weighted by molar-refractivity contribution is -0.0156. The molecule has 1 aromatic carbocycles. The number of aliphatic hydroxyl groups excluding tert-OH is 3. The minimum atomic E-state index is -1.48. The lowest BCUT2D eigenvalue weighted by atomic mass is 9.99. The Labute approximate surface area is 85.6 Å². The van der Waals surface area contributed by atoms with Crippen LogP contribution in [0.15, 0.2) is 18.2 Å². The van der Waals surface area contributed by atoms with E-state index in [1.807, 2.05) is 0 Å². The molecule has 0 spiro atoms. The summed E-state index contributed by atoms with van der Waals surface area (Å²) in [5.74, 6) is -0.772. The van der Waals surface area contributed by atoms with Crippen molar-refractivity contribution >= 4 is 6.29 Å². The molecule has 0 aliphatic heterocycles. The average molecular weight is 214 g/mol. The van der Waals surface area contributed by atoms with Gasteiger partial charge in [-0.15, -0.1) is 0 Å². The fourth-order valence-electron chi connectivity index (χ4n) is 1.24. The van der Waals surface area contributed by atoms with Gasteiger partial charge < -0.3 is 15.3 Å². The molecule has 0 bridgehead atoms. The Balaban J connectivity index is 3.13. The molecule has 0 saturated carbocycles. The minimum absolute atomic E-state index is 0.0356. The molecule has 0 fully saturated rings. The second-order valence-electron chi connectivity index (χ2n) is 3.06. The Bertz CT molecular complexity index is 353. The maximum absolute atomic E-state index is 13.1. The number of benzene rings is 1.